The van der Waals surface area contributed by atoms with Crippen LogP contribution >= 0.6 is 23.2 Å². The largest absolute Gasteiger partial charge is 0.472 e. The monoisotopic (exact) mass is 417 g/mol. The molecule has 2 aromatic carbocycles. The lowest BCUT2D eigenvalue weighted by Crippen LogP contribution is -2.38. The van der Waals surface area contributed by atoms with Gasteiger partial charge in [0.15, 0.2) is 6.73 Å². The summed E-state index contributed by atoms with van der Waals surface area (Å²) in [4.78, 5) is 11.7. The molecule has 2 amide bonds. The molecular weight excluding hydrogens is 401 g/mol. The maximum absolute atomic E-state index is 11.7. The summed E-state index contributed by atoms with van der Waals surface area (Å²) in [7, 11) is -3.70. The van der Waals surface area contributed by atoms with Crippen LogP contribution in [0.4, 0.5) is 4.79 Å². The molecule has 0 heterocycles. The van der Waals surface area contributed by atoms with Crippen LogP contribution in [-0.2, 0) is 16.4 Å². The number of primary sulfonamides is 1. The number of ether oxygens (including phenoxy) is 1. The van der Waals surface area contributed by atoms with Crippen molar-refractivity contribution in [3.8, 4) is 5.75 Å². The zero-order chi connectivity index (χ0) is 19.2. The van der Waals surface area contributed by atoms with Crippen molar-refractivity contribution in [3.05, 3.63) is 58.1 Å². The average molecular weight is 418 g/mol. The normalized spacial score (nSPS) is 11.0. The second-order valence-electron chi connectivity index (χ2n) is 5.24. The molecule has 0 saturated carbocycles. The summed E-state index contributed by atoms with van der Waals surface area (Å²) >= 11 is 11.7. The minimum atomic E-state index is -3.70. The third-order valence-electron chi connectivity index (χ3n) is 3.31. The second kappa shape index (κ2) is 9.09. The molecule has 10 heteroatoms. The minimum Gasteiger partial charge on any atom is -0.472 e. The van der Waals surface area contributed by atoms with E-state index in [4.69, 9.17) is 33.1 Å². The Morgan fingerprint density at radius 1 is 1.08 bits per heavy atom. The van der Waals surface area contributed by atoms with E-state index in [1.807, 2.05) is 0 Å². The van der Waals surface area contributed by atoms with Crippen LogP contribution in [0.3, 0.4) is 0 Å². The van der Waals surface area contributed by atoms with Gasteiger partial charge < -0.3 is 15.4 Å². The zero-order valence-corrected chi connectivity index (χ0v) is 15.9. The van der Waals surface area contributed by atoms with Gasteiger partial charge in [0.25, 0.3) is 0 Å². The molecule has 0 atom stereocenters. The molecular formula is C16H17Cl2N3O4S. The lowest BCUT2D eigenvalue weighted by Gasteiger charge is -2.10. The number of hydrogen-bond acceptors (Lipinski definition) is 4. The van der Waals surface area contributed by atoms with Crippen molar-refractivity contribution in [2.45, 2.75) is 11.3 Å². The molecule has 4 N–H and O–H groups in total. The topological polar surface area (TPSA) is 111 Å². The fourth-order valence-corrected chi connectivity index (χ4v) is 2.98. The highest BCUT2D eigenvalue weighted by Crippen LogP contribution is 2.27. The molecule has 2 aromatic rings. The summed E-state index contributed by atoms with van der Waals surface area (Å²) in [6.07, 6.45) is 0.530. The van der Waals surface area contributed by atoms with Gasteiger partial charge in [0.05, 0.1) is 9.92 Å². The van der Waals surface area contributed by atoms with Crippen molar-refractivity contribution in [1.29, 1.82) is 0 Å². The molecule has 0 aliphatic rings. The van der Waals surface area contributed by atoms with Gasteiger partial charge in [-0.2, -0.15) is 0 Å². The van der Waals surface area contributed by atoms with E-state index in [2.05, 4.69) is 10.6 Å². The third kappa shape index (κ3) is 6.38. The van der Waals surface area contributed by atoms with Crippen LogP contribution in [0.1, 0.15) is 5.56 Å². The molecule has 0 spiro atoms. The first kappa shape index (κ1) is 20.3. The number of carbonyl (C=O) groups is 1. The first-order chi connectivity index (χ1) is 12.3. The summed E-state index contributed by atoms with van der Waals surface area (Å²) in [5, 5.41) is 11.1. The van der Waals surface area contributed by atoms with Gasteiger partial charge in [0.1, 0.15) is 5.75 Å². The highest BCUT2D eigenvalue weighted by Gasteiger charge is 2.07. The van der Waals surface area contributed by atoms with E-state index in [1.165, 1.54) is 12.1 Å². The second-order valence-corrected chi connectivity index (χ2v) is 7.64. The molecule has 0 aliphatic carbocycles. The van der Waals surface area contributed by atoms with Gasteiger partial charge in [-0.25, -0.2) is 18.4 Å². The molecule has 26 heavy (non-hydrogen) atoms. The van der Waals surface area contributed by atoms with Crippen molar-refractivity contribution < 1.29 is 17.9 Å². The maximum Gasteiger partial charge on any atom is 0.317 e. The molecule has 2 rings (SSSR count). The Morgan fingerprint density at radius 2 is 1.77 bits per heavy atom. The number of hydrogen-bond donors (Lipinski definition) is 3. The predicted molar refractivity (Wildman–Crippen MR) is 100 cm³/mol. The lowest BCUT2D eigenvalue weighted by molar-refractivity contribution is 0.224. The van der Waals surface area contributed by atoms with Gasteiger partial charge in [0.2, 0.25) is 10.0 Å². The number of rotatable bonds is 7. The SMILES string of the molecule is NS(=O)(=O)c1ccc(CCNC(=O)NCOc2ccc(Cl)cc2Cl)cc1. The van der Waals surface area contributed by atoms with E-state index < -0.39 is 16.1 Å². The number of nitrogens with one attached hydrogen (secondary N) is 2. The summed E-state index contributed by atoms with van der Waals surface area (Å²) in [5.41, 5.74) is 0.863. The van der Waals surface area contributed by atoms with Gasteiger partial charge in [0, 0.05) is 11.6 Å². The smallest absolute Gasteiger partial charge is 0.317 e. The maximum atomic E-state index is 11.7. The summed E-state index contributed by atoms with van der Waals surface area (Å²) in [6, 6.07) is 10.5. The van der Waals surface area contributed by atoms with Crippen molar-refractivity contribution >= 4 is 39.3 Å². The van der Waals surface area contributed by atoms with Gasteiger partial charge in [-0.15, -0.1) is 0 Å². The van der Waals surface area contributed by atoms with Crippen LogP contribution in [0.15, 0.2) is 47.4 Å². The van der Waals surface area contributed by atoms with Crippen LogP contribution < -0.4 is 20.5 Å². The molecule has 0 aromatic heterocycles. The molecule has 140 valence electrons. The Kier molecular flexibility index (Phi) is 7.10. The first-order valence-corrected chi connectivity index (χ1v) is 9.77. The molecule has 0 aliphatic heterocycles. The fraction of sp³-hybridized carbons (Fsp3) is 0.188. The summed E-state index contributed by atoms with van der Waals surface area (Å²) in [5.74, 6) is 0.409. The summed E-state index contributed by atoms with van der Waals surface area (Å²) in [6.45, 7) is 0.304. The van der Waals surface area contributed by atoms with E-state index in [1.54, 1.807) is 30.3 Å². The van der Waals surface area contributed by atoms with E-state index in [-0.39, 0.29) is 11.6 Å². The molecule has 0 saturated heterocycles. The van der Waals surface area contributed by atoms with Crippen LogP contribution in [0.25, 0.3) is 0 Å². The van der Waals surface area contributed by atoms with Gasteiger partial charge >= 0.3 is 6.03 Å². The standard InChI is InChI=1S/C16H17Cl2N3O4S/c17-12-3-6-15(14(18)9-12)25-10-21-16(22)20-8-7-11-1-4-13(5-2-11)26(19,23)24/h1-6,9H,7-8,10H2,(H2,19,23,24)(H2,20,21,22). The number of nitrogens with two attached hydrogens (primary N) is 1. The van der Waals surface area contributed by atoms with Gasteiger partial charge in [-0.3, -0.25) is 0 Å². The Morgan fingerprint density at radius 3 is 2.38 bits per heavy atom. The Labute approximate surface area is 161 Å². The molecule has 0 unspecified atom stereocenters. The van der Waals surface area contributed by atoms with E-state index in [0.29, 0.717) is 28.8 Å². The summed E-state index contributed by atoms with van der Waals surface area (Å²) < 4.78 is 27.7. The number of amides is 2. The number of carbonyl (C=O) groups excluding carboxylic acids is 1. The molecule has 0 radical (unpaired) electrons. The van der Waals surface area contributed by atoms with Gasteiger partial charge in [-0.1, -0.05) is 35.3 Å². The van der Waals surface area contributed by atoms with Crippen molar-refractivity contribution in [2.75, 3.05) is 13.3 Å². The number of benzene rings is 2. The Hall–Kier alpha value is -2.00. The molecule has 7 nitrogen and oxygen atoms in total. The van der Waals surface area contributed by atoms with Crippen molar-refractivity contribution in [2.24, 2.45) is 5.14 Å². The zero-order valence-electron chi connectivity index (χ0n) is 13.5. The van der Waals surface area contributed by atoms with Gasteiger partial charge in [-0.05, 0) is 42.3 Å². The first-order valence-electron chi connectivity index (χ1n) is 7.47. The van der Waals surface area contributed by atoms with E-state index >= 15 is 0 Å². The minimum absolute atomic E-state index is 0.0463. The molecule has 0 bridgehead atoms. The lowest BCUT2D eigenvalue weighted by atomic mass is 10.1. The highest BCUT2D eigenvalue weighted by atomic mass is 35.5. The van der Waals surface area contributed by atoms with E-state index in [9.17, 15) is 13.2 Å². The number of sulfonamides is 1. The Balaban J connectivity index is 1.70. The molecule has 0 fully saturated rings. The van der Waals surface area contributed by atoms with E-state index in [0.717, 1.165) is 5.56 Å². The fourth-order valence-electron chi connectivity index (χ4n) is 2.00. The van der Waals surface area contributed by atoms with Crippen molar-refractivity contribution in [3.63, 3.8) is 0 Å². The van der Waals surface area contributed by atoms with Crippen LogP contribution in [-0.4, -0.2) is 27.7 Å². The predicted octanol–water partition coefficient (Wildman–Crippen LogP) is 2.52. The van der Waals surface area contributed by atoms with Crippen molar-refractivity contribution in [1.82, 2.24) is 10.6 Å². The van der Waals surface area contributed by atoms with Crippen LogP contribution in [0.2, 0.25) is 10.0 Å². The van der Waals surface area contributed by atoms with Crippen LogP contribution in [0.5, 0.6) is 5.75 Å². The Bertz CT molecular complexity index is 874. The number of halogens is 2. The van der Waals surface area contributed by atoms with Crippen LogP contribution in [0, 0.1) is 0 Å². The quantitative estimate of drug-likeness (QED) is 0.600. The number of urea groups is 1. The third-order valence-corrected chi connectivity index (χ3v) is 4.77. The highest BCUT2D eigenvalue weighted by molar-refractivity contribution is 7.89. The average Bonchev–Trinajstić information content (AvgIpc) is 2.56.